The summed E-state index contributed by atoms with van der Waals surface area (Å²) in [5.41, 5.74) is 7.05. The molecule has 0 aliphatic heterocycles. The van der Waals surface area contributed by atoms with Crippen LogP contribution >= 0.6 is 11.8 Å². The molecule has 0 aliphatic carbocycles. The number of thioether (sulfide) groups is 1. The second-order valence-electron chi connectivity index (χ2n) is 4.36. The smallest absolute Gasteiger partial charge is 0.123 e. The van der Waals surface area contributed by atoms with Crippen LogP contribution in [0.1, 0.15) is 5.56 Å². The normalized spacial score (nSPS) is 12.4. The van der Waals surface area contributed by atoms with Crippen LogP contribution in [-0.2, 0) is 6.42 Å². The molecule has 100 valence electrons. The molecule has 2 N–H and O–H groups in total. The van der Waals surface area contributed by atoms with Crippen LogP contribution in [0.3, 0.4) is 0 Å². The predicted octanol–water partition coefficient (Wildman–Crippen LogP) is 3.63. The first kappa shape index (κ1) is 14.0. The quantitative estimate of drug-likeness (QED) is 0.846. The zero-order valence-corrected chi connectivity index (χ0v) is 11.2. The Morgan fingerprint density at radius 2 is 1.42 bits per heavy atom. The van der Waals surface area contributed by atoms with Crippen LogP contribution in [0.4, 0.5) is 8.78 Å². The van der Waals surface area contributed by atoms with Crippen molar-refractivity contribution < 1.29 is 8.78 Å². The van der Waals surface area contributed by atoms with Gasteiger partial charge in [0.2, 0.25) is 0 Å². The summed E-state index contributed by atoms with van der Waals surface area (Å²) in [5, 5.41) is 0. The van der Waals surface area contributed by atoms with E-state index in [1.165, 1.54) is 24.3 Å². The van der Waals surface area contributed by atoms with E-state index in [1.54, 1.807) is 36.0 Å². The highest BCUT2D eigenvalue weighted by Gasteiger charge is 2.05. The van der Waals surface area contributed by atoms with Crippen molar-refractivity contribution in [1.82, 2.24) is 0 Å². The van der Waals surface area contributed by atoms with E-state index in [0.29, 0.717) is 6.42 Å². The average Bonchev–Trinajstić information content (AvgIpc) is 2.41. The van der Waals surface area contributed by atoms with Gasteiger partial charge < -0.3 is 5.73 Å². The standard InChI is InChI=1S/C15H15F2NS/c16-12-3-1-11(2-4-12)9-14(18)10-19-15-7-5-13(17)6-8-15/h1-8,14H,9-10,18H2. The van der Waals surface area contributed by atoms with Gasteiger partial charge in [-0.3, -0.25) is 0 Å². The average molecular weight is 279 g/mol. The zero-order valence-electron chi connectivity index (χ0n) is 10.4. The molecule has 4 heteroatoms. The molecular formula is C15H15F2NS. The van der Waals surface area contributed by atoms with Crippen LogP contribution in [0.25, 0.3) is 0 Å². The Morgan fingerprint density at radius 1 is 0.895 bits per heavy atom. The van der Waals surface area contributed by atoms with Gasteiger partial charge in [-0.1, -0.05) is 12.1 Å². The molecule has 2 aromatic rings. The number of rotatable bonds is 5. The van der Waals surface area contributed by atoms with Crippen LogP contribution in [-0.4, -0.2) is 11.8 Å². The van der Waals surface area contributed by atoms with Crippen LogP contribution in [0.2, 0.25) is 0 Å². The number of hydrogen-bond donors (Lipinski definition) is 1. The third kappa shape index (κ3) is 4.65. The summed E-state index contributed by atoms with van der Waals surface area (Å²) in [6.45, 7) is 0. The van der Waals surface area contributed by atoms with E-state index in [9.17, 15) is 8.78 Å². The van der Waals surface area contributed by atoms with E-state index in [0.717, 1.165) is 16.2 Å². The highest BCUT2D eigenvalue weighted by Crippen LogP contribution is 2.19. The second kappa shape index (κ2) is 6.68. The Labute approximate surface area is 115 Å². The summed E-state index contributed by atoms with van der Waals surface area (Å²) in [4.78, 5) is 0.996. The fourth-order valence-electron chi connectivity index (χ4n) is 1.72. The van der Waals surface area contributed by atoms with Gasteiger partial charge in [-0.25, -0.2) is 8.78 Å². The zero-order chi connectivity index (χ0) is 13.7. The van der Waals surface area contributed by atoms with Crippen molar-refractivity contribution in [3.05, 3.63) is 65.7 Å². The van der Waals surface area contributed by atoms with Crippen molar-refractivity contribution in [3.63, 3.8) is 0 Å². The molecule has 0 fully saturated rings. The van der Waals surface area contributed by atoms with E-state index >= 15 is 0 Å². The summed E-state index contributed by atoms with van der Waals surface area (Å²) < 4.78 is 25.5. The molecule has 1 nitrogen and oxygen atoms in total. The Hall–Kier alpha value is -1.39. The molecule has 0 aliphatic rings. The van der Waals surface area contributed by atoms with Crippen LogP contribution in [0.15, 0.2) is 53.4 Å². The monoisotopic (exact) mass is 279 g/mol. The van der Waals surface area contributed by atoms with Crippen molar-refractivity contribution in [3.8, 4) is 0 Å². The van der Waals surface area contributed by atoms with Crippen LogP contribution in [0.5, 0.6) is 0 Å². The van der Waals surface area contributed by atoms with Crippen molar-refractivity contribution in [2.75, 3.05) is 5.75 Å². The first-order valence-electron chi connectivity index (χ1n) is 6.02. The highest BCUT2D eigenvalue weighted by atomic mass is 32.2. The Morgan fingerprint density at radius 3 is 2.00 bits per heavy atom. The maximum Gasteiger partial charge on any atom is 0.123 e. The summed E-state index contributed by atoms with van der Waals surface area (Å²) in [5.74, 6) is 0.265. The molecule has 19 heavy (non-hydrogen) atoms. The lowest BCUT2D eigenvalue weighted by Gasteiger charge is -2.11. The molecule has 0 bridgehead atoms. The van der Waals surface area contributed by atoms with E-state index < -0.39 is 0 Å². The van der Waals surface area contributed by atoms with Gasteiger partial charge in [0.25, 0.3) is 0 Å². The van der Waals surface area contributed by atoms with Crippen LogP contribution < -0.4 is 5.73 Å². The molecule has 2 aromatic carbocycles. The van der Waals surface area contributed by atoms with Gasteiger partial charge in [0.05, 0.1) is 0 Å². The fraction of sp³-hybridized carbons (Fsp3) is 0.200. The van der Waals surface area contributed by atoms with E-state index in [1.807, 2.05) is 0 Å². The van der Waals surface area contributed by atoms with Gasteiger partial charge in [0.15, 0.2) is 0 Å². The minimum Gasteiger partial charge on any atom is -0.327 e. The van der Waals surface area contributed by atoms with E-state index in [2.05, 4.69) is 0 Å². The number of halogens is 2. The van der Waals surface area contributed by atoms with Gasteiger partial charge in [0.1, 0.15) is 11.6 Å². The molecule has 0 saturated carbocycles. The number of benzene rings is 2. The molecular weight excluding hydrogens is 264 g/mol. The van der Waals surface area contributed by atoms with E-state index in [4.69, 9.17) is 5.73 Å². The predicted molar refractivity (Wildman–Crippen MR) is 75.2 cm³/mol. The molecule has 0 amide bonds. The Balaban J connectivity index is 1.82. The Kier molecular flexibility index (Phi) is 4.93. The number of hydrogen-bond acceptors (Lipinski definition) is 2. The highest BCUT2D eigenvalue weighted by molar-refractivity contribution is 7.99. The maximum absolute atomic E-state index is 12.8. The molecule has 0 radical (unpaired) electrons. The van der Waals surface area contributed by atoms with Gasteiger partial charge >= 0.3 is 0 Å². The topological polar surface area (TPSA) is 26.0 Å². The molecule has 1 atom stereocenters. The first-order valence-corrected chi connectivity index (χ1v) is 7.00. The second-order valence-corrected chi connectivity index (χ2v) is 5.45. The summed E-state index contributed by atoms with van der Waals surface area (Å²) in [7, 11) is 0. The third-order valence-electron chi connectivity index (χ3n) is 2.69. The van der Waals surface area contributed by atoms with Crippen molar-refractivity contribution in [2.45, 2.75) is 17.4 Å². The van der Waals surface area contributed by atoms with Crippen molar-refractivity contribution >= 4 is 11.8 Å². The van der Waals surface area contributed by atoms with Crippen LogP contribution in [0, 0.1) is 11.6 Å². The van der Waals surface area contributed by atoms with Crippen molar-refractivity contribution in [1.29, 1.82) is 0 Å². The van der Waals surface area contributed by atoms with Gasteiger partial charge in [-0.15, -0.1) is 11.8 Å². The minimum atomic E-state index is -0.238. The number of nitrogens with two attached hydrogens (primary N) is 1. The van der Waals surface area contributed by atoms with Gasteiger partial charge in [-0.05, 0) is 48.4 Å². The molecule has 1 unspecified atom stereocenters. The summed E-state index contributed by atoms with van der Waals surface area (Å²) in [6.07, 6.45) is 0.703. The lowest BCUT2D eigenvalue weighted by Crippen LogP contribution is -2.25. The third-order valence-corrected chi connectivity index (χ3v) is 3.89. The largest absolute Gasteiger partial charge is 0.327 e. The SMILES string of the molecule is NC(CSc1ccc(F)cc1)Cc1ccc(F)cc1. The molecule has 0 aromatic heterocycles. The summed E-state index contributed by atoms with van der Waals surface area (Å²) in [6, 6.07) is 12.7. The van der Waals surface area contributed by atoms with Crippen molar-refractivity contribution in [2.24, 2.45) is 5.73 Å². The first-order chi connectivity index (χ1) is 9.13. The van der Waals surface area contributed by atoms with Gasteiger partial charge in [-0.2, -0.15) is 0 Å². The summed E-state index contributed by atoms with van der Waals surface area (Å²) >= 11 is 1.59. The van der Waals surface area contributed by atoms with E-state index in [-0.39, 0.29) is 17.7 Å². The lowest BCUT2D eigenvalue weighted by atomic mass is 10.1. The molecule has 0 saturated heterocycles. The minimum absolute atomic E-state index is 0.0134. The molecule has 2 rings (SSSR count). The molecule has 0 spiro atoms. The Bertz CT molecular complexity index is 511. The lowest BCUT2D eigenvalue weighted by molar-refractivity contribution is 0.625. The molecule has 0 heterocycles. The van der Waals surface area contributed by atoms with Gasteiger partial charge in [0, 0.05) is 16.7 Å². The fourth-order valence-corrected chi connectivity index (χ4v) is 2.57. The maximum atomic E-state index is 12.8.